The van der Waals surface area contributed by atoms with Gasteiger partial charge in [-0.1, -0.05) is 0 Å². The molecular formula is C13H13N4NaO4S. The van der Waals surface area contributed by atoms with E-state index in [1.807, 2.05) is 0 Å². The molecular weight excluding hydrogens is 331 g/mol. The molecule has 0 spiro atoms. The molecule has 0 saturated heterocycles. The van der Waals surface area contributed by atoms with Crippen LogP contribution in [0.3, 0.4) is 0 Å². The number of ether oxygens (including phenoxy) is 1. The van der Waals surface area contributed by atoms with Crippen LogP contribution in [0.25, 0.3) is 0 Å². The molecule has 116 valence electrons. The van der Waals surface area contributed by atoms with Crippen LogP contribution in [0, 0.1) is 0 Å². The maximum absolute atomic E-state index is 9.97. The molecule has 2 rings (SSSR count). The van der Waals surface area contributed by atoms with Gasteiger partial charge in [-0.15, -0.1) is 10.2 Å². The van der Waals surface area contributed by atoms with E-state index in [1.165, 1.54) is 7.11 Å². The number of benzene rings is 2. The van der Waals surface area contributed by atoms with E-state index in [4.69, 9.17) is 16.2 Å². The number of anilines is 2. The Bertz CT molecular complexity index is 687. The molecule has 0 aromatic heterocycles. The second-order valence-electron chi connectivity index (χ2n) is 4.07. The van der Waals surface area contributed by atoms with E-state index in [1.54, 1.807) is 36.4 Å². The molecule has 2 aromatic rings. The van der Waals surface area contributed by atoms with Crippen LogP contribution < -0.4 is 51.0 Å². The number of hydrogen-bond acceptors (Lipinski definition) is 9. The zero-order valence-corrected chi connectivity index (χ0v) is 15.4. The summed E-state index contributed by atoms with van der Waals surface area (Å²) in [7, 11) is 1.52. The number of azo groups is 1. The van der Waals surface area contributed by atoms with Gasteiger partial charge in [0.15, 0.2) is 0 Å². The molecule has 0 aliphatic rings. The van der Waals surface area contributed by atoms with Crippen LogP contribution in [0.5, 0.6) is 5.75 Å². The summed E-state index contributed by atoms with van der Waals surface area (Å²) in [4.78, 5) is 0.493. The molecule has 2 aromatic carbocycles. The van der Waals surface area contributed by atoms with Crippen LogP contribution in [-0.2, 0) is 9.37 Å². The van der Waals surface area contributed by atoms with Crippen molar-refractivity contribution < 1.29 is 48.9 Å². The summed E-state index contributed by atoms with van der Waals surface area (Å²) in [6.07, 6.45) is 0. The van der Waals surface area contributed by atoms with Gasteiger partial charge in [-0.3, -0.25) is 5.04 Å². The Balaban J connectivity index is 0.00000264. The summed E-state index contributed by atoms with van der Waals surface area (Å²) in [5.74, 6) is 0.572. The van der Waals surface area contributed by atoms with Gasteiger partial charge in [0, 0.05) is 5.69 Å². The first-order valence-corrected chi connectivity index (χ1v) is 6.76. The van der Waals surface area contributed by atoms with E-state index in [0.29, 0.717) is 45.4 Å². The van der Waals surface area contributed by atoms with E-state index in [-0.39, 0.29) is 29.6 Å². The van der Waals surface area contributed by atoms with Crippen molar-refractivity contribution in [3.8, 4) is 5.75 Å². The Morgan fingerprint density at radius 2 is 1.74 bits per heavy atom. The van der Waals surface area contributed by atoms with Gasteiger partial charge in [0.05, 0.1) is 29.7 Å². The Morgan fingerprint density at radius 1 is 1.04 bits per heavy atom. The minimum Gasteiger partial charge on any atom is -0.691 e. The van der Waals surface area contributed by atoms with Gasteiger partial charge in [0.1, 0.15) is 17.1 Å². The summed E-state index contributed by atoms with van der Waals surface area (Å²) in [5, 5.41) is 21.4. The van der Waals surface area contributed by atoms with Gasteiger partial charge >= 0.3 is 29.6 Å². The summed E-state index contributed by atoms with van der Waals surface area (Å²) >= 11 is 0.699. The number of methoxy groups -OCH3 is 1. The average Bonchev–Trinajstić information content (AvgIpc) is 2.52. The largest absolute Gasteiger partial charge is 1.00 e. The van der Waals surface area contributed by atoms with Gasteiger partial charge in [-0.05, 0) is 36.4 Å². The minimum atomic E-state index is 0. The molecule has 0 aliphatic carbocycles. The predicted molar refractivity (Wildman–Crippen MR) is 80.5 cm³/mol. The SMILES string of the molecule is COc1ccc(N=Nc2ccc(N)cc2N)c(SOO[O-])c1.[Na+]. The van der Waals surface area contributed by atoms with Crippen molar-refractivity contribution in [3.63, 3.8) is 0 Å². The molecule has 10 heteroatoms. The van der Waals surface area contributed by atoms with Crippen LogP contribution >= 0.6 is 12.0 Å². The van der Waals surface area contributed by atoms with Crippen molar-refractivity contribution in [1.29, 1.82) is 0 Å². The van der Waals surface area contributed by atoms with Crippen molar-refractivity contribution in [2.75, 3.05) is 18.6 Å². The maximum Gasteiger partial charge on any atom is 1.00 e. The van der Waals surface area contributed by atoms with Crippen LogP contribution in [0.1, 0.15) is 0 Å². The van der Waals surface area contributed by atoms with Crippen molar-refractivity contribution in [1.82, 2.24) is 0 Å². The fourth-order valence-electron chi connectivity index (χ4n) is 1.59. The van der Waals surface area contributed by atoms with E-state index in [2.05, 4.69) is 19.6 Å². The third-order valence-corrected chi connectivity index (χ3v) is 3.27. The van der Waals surface area contributed by atoms with Crippen LogP contribution in [0.15, 0.2) is 51.5 Å². The molecule has 0 fully saturated rings. The quantitative estimate of drug-likeness (QED) is 0.181. The Morgan fingerprint density at radius 3 is 2.39 bits per heavy atom. The Hall–Kier alpha value is -1.33. The first-order chi connectivity index (χ1) is 10.6. The number of nitrogens with zero attached hydrogens (tertiary/aromatic N) is 2. The summed E-state index contributed by atoms with van der Waals surface area (Å²) in [6, 6.07) is 9.90. The van der Waals surface area contributed by atoms with Crippen LogP contribution in [-0.4, -0.2) is 7.11 Å². The van der Waals surface area contributed by atoms with Crippen molar-refractivity contribution in [2.45, 2.75) is 4.90 Å². The number of nitrogen functional groups attached to an aromatic ring is 2. The number of nitrogens with two attached hydrogens (primary N) is 2. The first kappa shape index (κ1) is 19.7. The first-order valence-electron chi connectivity index (χ1n) is 6.02. The predicted octanol–water partition coefficient (Wildman–Crippen LogP) is -0.490. The standard InChI is InChI=1S/C13H14N4O4S.Na/c1-19-9-3-5-12(13(7-9)22-21-20-18)17-16-11-4-2-8(14)6-10(11)15;/h2-7,18H,14-15H2,1H3;/q;+1/p-1. The number of rotatable bonds is 6. The topological polar surface area (TPSA) is 128 Å². The molecule has 0 aliphatic heterocycles. The fourth-order valence-corrected chi connectivity index (χ4v) is 2.05. The summed E-state index contributed by atoms with van der Waals surface area (Å²) in [6.45, 7) is 0. The smallest absolute Gasteiger partial charge is 0.691 e. The molecule has 0 unspecified atom stereocenters. The van der Waals surface area contributed by atoms with Gasteiger partial charge in [0.2, 0.25) is 0 Å². The third-order valence-electron chi connectivity index (χ3n) is 2.64. The van der Waals surface area contributed by atoms with Crippen LogP contribution in [0.4, 0.5) is 22.7 Å². The molecule has 0 heterocycles. The molecule has 0 atom stereocenters. The van der Waals surface area contributed by atoms with Gasteiger partial charge in [-0.2, -0.15) is 4.33 Å². The second kappa shape index (κ2) is 9.73. The van der Waals surface area contributed by atoms with Crippen LogP contribution in [0.2, 0.25) is 0 Å². The van der Waals surface area contributed by atoms with Gasteiger partial charge < -0.3 is 21.5 Å². The fraction of sp³-hybridized carbons (Fsp3) is 0.0769. The molecule has 23 heavy (non-hydrogen) atoms. The van der Waals surface area contributed by atoms with Crippen molar-refractivity contribution in [2.24, 2.45) is 10.2 Å². The minimum absolute atomic E-state index is 0. The van der Waals surface area contributed by atoms with E-state index < -0.39 is 0 Å². The molecule has 8 nitrogen and oxygen atoms in total. The third kappa shape index (κ3) is 5.66. The Kier molecular flexibility index (Phi) is 8.34. The second-order valence-corrected chi connectivity index (χ2v) is 4.81. The van der Waals surface area contributed by atoms with E-state index in [0.717, 1.165) is 0 Å². The monoisotopic (exact) mass is 344 g/mol. The van der Waals surface area contributed by atoms with E-state index >= 15 is 0 Å². The summed E-state index contributed by atoms with van der Waals surface area (Å²) in [5.41, 5.74) is 13.3. The maximum atomic E-state index is 9.97. The Labute approximate surface area is 159 Å². The summed E-state index contributed by atoms with van der Waals surface area (Å²) < 4.78 is 9.40. The van der Waals surface area contributed by atoms with Crippen molar-refractivity contribution >= 4 is 34.8 Å². The molecule has 4 N–H and O–H groups in total. The zero-order chi connectivity index (χ0) is 15.9. The molecule has 0 radical (unpaired) electrons. The van der Waals surface area contributed by atoms with Crippen molar-refractivity contribution in [3.05, 3.63) is 36.4 Å². The van der Waals surface area contributed by atoms with Gasteiger partial charge in [0.25, 0.3) is 0 Å². The normalized spacial score (nSPS) is 10.5. The average molecular weight is 344 g/mol. The zero-order valence-electron chi connectivity index (χ0n) is 12.6. The molecule has 0 saturated carbocycles. The number of hydrogen-bond donors (Lipinski definition) is 2. The van der Waals surface area contributed by atoms with Gasteiger partial charge in [-0.25, -0.2) is 0 Å². The molecule has 0 amide bonds. The molecule has 0 bridgehead atoms. The van der Waals surface area contributed by atoms with E-state index in [9.17, 15) is 5.26 Å².